The van der Waals surface area contributed by atoms with E-state index in [-0.39, 0.29) is 12.1 Å². The molecule has 0 aliphatic carbocycles. The van der Waals surface area contributed by atoms with Crippen molar-refractivity contribution in [2.45, 2.75) is 45.3 Å². The molecule has 1 unspecified atom stereocenters. The van der Waals surface area contributed by atoms with Crippen molar-refractivity contribution in [2.24, 2.45) is 0 Å². The molecule has 4 rings (SSSR count). The Morgan fingerprint density at radius 2 is 1.32 bits per heavy atom. The second-order valence-electron chi connectivity index (χ2n) is 9.48. The van der Waals surface area contributed by atoms with Gasteiger partial charge in [-0.05, 0) is 91.1 Å². The Bertz CT molecular complexity index is 1230. The number of nitrogens with zero attached hydrogens (tertiary/aromatic N) is 1. The van der Waals surface area contributed by atoms with Crippen LogP contribution in [-0.2, 0) is 4.74 Å². The molecule has 1 aliphatic heterocycles. The fraction of sp³-hybridized carbons (Fsp3) is 0.444. The van der Waals surface area contributed by atoms with Gasteiger partial charge in [-0.1, -0.05) is 0 Å². The van der Waals surface area contributed by atoms with Crippen LogP contribution >= 0.6 is 0 Å². The molecule has 3 aromatic rings. The number of amides is 1. The minimum atomic E-state index is -0.559. The van der Waals surface area contributed by atoms with Gasteiger partial charge in [-0.15, -0.1) is 0 Å². The highest BCUT2D eigenvalue weighted by Crippen LogP contribution is 2.45. The normalized spacial score (nSPS) is 16.1. The molecule has 1 saturated heterocycles. The fourth-order valence-corrected chi connectivity index (χ4v) is 4.74. The van der Waals surface area contributed by atoms with Gasteiger partial charge in [0, 0.05) is 6.54 Å². The van der Waals surface area contributed by atoms with Crippen LogP contribution in [-0.4, -0.2) is 51.6 Å². The van der Waals surface area contributed by atoms with Gasteiger partial charge in [-0.3, -0.25) is 0 Å². The average molecular weight is 468 g/mol. The number of hydrogen-bond donors (Lipinski definition) is 0. The molecule has 1 heterocycles. The summed E-state index contributed by atoms with van der Waals surface area (Å²) in [6.45, 7) is 6.31. The maximum Gasteiger partial charge on any atom is 0.410 e. The third-order valence-corrected chi connectivity index (χ3v) is 6.23. The molecule has 1 atom stereocenters. The van der Waals surface area contributed by atoms with Crippen LogP contribution in [0.4, 0.5) is 4.79 Å². The molecule has 182 valence electrons. The molecule has 7 heteroatoms. The first kappa shape index (κ1) is 23.8. The molecule has 0 spiro atoms. The number of likely N-dealkylation sites (tertiary alicyclic amines) is 1. The van der Waals surface area contributed by atoms with Crippen LogP contribution in [0.3, 0.4) is 0 Å². The quantitative estimate of drug-likeness (QED) is 0.423. The van der Waals surface area contributed by atoms with Gasteiger partial charge in [0.05, 0.1) is 34.5 Å². The minimum absolute atomic E-state index is 0.118. The third-order valence-electron chi connectivity index (χ3n) is 6.23. The molecule has 0 aromatic heterocycles. The van der Waals surface area contributed by atoms with Crippen LogP contribution in [0.5, 0.6) is 23.0 Å². The lowest BCUT2D eigenvalue weighted by Crippen LogP contribution is -2.36. The standard InChI is InChI=1S/C27H33NO6/c1-27(2,3)34-26(29)28-10-8-9-21(28)20-11-16-12-22(30-4)23(31-5)13-17(16)18-14-24(32-6)25(33-7)15-19(18)20/h11-15,21H,8-10H2,1-7H3. The van der Waals surface area contributed by atoms with Crippen LogP contribution in [0.15, 0.2) is 30.3 Å². The van der Waals surface area contributed by atoms with E-state index in [1.807, 2.05) is 49.9 Å². The maximum atomic E-state index is 13.1. The Balaban J connectivity index is 1.98. The zero-order valence-corrected chi connectivity index (χ0v) is 21.0. The van der Waals surface area contributed by atoms with E-state index in [0.29, 0.717) is 29.5 Å². The van der Waals surface area contributed by atoms with E-state index in [1.165, 1.54) is 0 Å². The van der Waals surface area contributed by atoms with Gasteiger partial charge in [0.15, 0.2) is 23.0 Å². The Morgan fingerprint density at radius 1 is 0.794 bits per heavy atom. The first-order valence-electron chi connectivity index (χ1n) is 11.4. The fourth-order valence-electron chi connectivity index (χ4n) is 4.74. The smallest absolute Gasteiger partial charge is 0.410 e. The molecule has 0 bridgehead atoms. The monoisotopic (exact) mass is 467 g/mol. The summed E-state index contributed by atoms with van der Waals surface area (Å²) in [5, 5.41) is 3.97. The Labute approximate surface area is 200 Å². The number of rotatable bonds is 5. The molecule has 1 aliphatic rings. The Hall–Kier alpha value is -3.35. The number of fused-ring (bicyclic) bond motifs is 3. The molecule has 1 amide bonds. The summed E-state index contributed by atoms with van der Waals surface area (Å²) in [4.78, 5) is 14.9. The highest BCUT2D eigenvalue weighted by Gasteiger charge is 2.34. The van der Waals surface area contributed by atoms with E-state index in [9.17, 15) is 4.79 Å². The van der Waals surface area contributed by atoms with Gasteiger partial charge in [0.2, 0.25) is 0 Å². The van der Waals surface area contributed by atoms with Crippen molar-refractivity contribution in [3.63, 3.8) is 0 Å². The zero-order valence-electron chi connectivity index (χ0n) is 21.0. The second-order valence-corrected chi connectivity index (χ2v) is 9.48. The number of ether oxygens (including phenoxy) is 5. The molecule has 3 aromatic carbocycles. The lowest BCUT2D eigenvalue weighted by molar-refractivity contribution is 0.0225. The summed E-state index contributed by atoms with van der Waals surface area (Å²) in [6, 6.07) is 9.95. The van der Waals surface area contributed by atoms with Crippen molar-refractivity contribution < 1.29 is 28.5 Å². The molecular weight excluding hydrogens is 434 g/mol. The van der Waals surface area contributed by atoms with Gasteiger partial charge in [0.25, 0.3) is 0 Å². The van der Waals surface area contributed by atoms with Gasteiger partial charge in [-0.25, -0.2) is 4.79 Å². The number of methoxy groups -OCH3 is 4. The summed E-state index contributed by atoms with van der Waals surface area (Å²) in [5.74, 6) is 2.57. The van der Waals surface area contributed by atoms with E-state index in [2.05, 4.69) is 6.07 Å². The van der Waals surface area contributed by atoms with Crippen molar-refractivity contribution in [1.82, 2.24) is 4.90 Å². The number of carbonyl (C=O) groups is 1. The predicted octanol–water partition coefficient (Wildman–Crippen LogP) is 6.10. The first-order valence-corrected chi connectivity index (χ1v) is 11.4. The van der Waals surface area contributed by atoms with E-state index in [0.717, 1.165) is 39.9 Å². The highest BCUT2D eigenvalue weighted by atomic mass is 16.6. The van der Waals surface area contributed by atoms with Crippen molar-refractivity contribution in [2.75, 3.05) is 35.0 Å². The topological polar surface area (TPSA) is 66.5 Å². The van der Waals surface area contributed by atoms with Crippen molar-refractivity contribution in [3.8, 4) is 23.0 Å². The lowest BCUT2D eigenvalue weighted by Gasteiger charge is -2.30. The second kappa shape index (κ2) is 9.12. The van der Waals surface area contributed by atoms with Crippen molar-refractivity contribution >= 4 is 27.6 Å². The van der Waals surface area contributed by atoms with E-state index >= 15 is 0 Å². The molecule has 0 saturated carbocycles. The van der Waals surface area contributed by atoms with Crippen LogP contribution < -0.4 is 18.9 Å². The van der Waals surface area contributed by atoms with Crippen LogP contribution in [0.2, 0.25) is 0 Å². The SMILES string of the molecule is COc1cc2cc(C3CCCN3C(=O)OC(C)(C)C)c3cc(OC)c(OC)cc3c2cc1OC. The molecule has 7 nitrogen and oxygen atoms in total. The van der Waals surface area contributed by atoms with Crippen LogP contribution in [0.1, 0.15) is 45.2 Å². The Kier molecular flexibility index (Phi) is 6.39. The molecular formula is C27H33NO6. The predicted molar refractivity (Wildman–Crippen MR) is 133 cm³/mol. The average Bonchev–Trinajstić information content (AvgIpc) is 3.30. The summed E-state index contributed by atoms with van der Waals surface area (Å²) < 4.78 is 28.1. The van der Waals surface area contributed by atoms with E-state index < -0.39 is 5.60 Å². The summed E-state index contributed by atoms with van der Waals surface area (Å²) in [6.07, 6.45) is 1.46. The zero-order chi connectivity index (χ0) is 24.6. The molecule has 0 N–H and O–H groups in total. The number of hydrogen-bond acceptors (Lipinski definition) is 6. The third kappa shape index (κ3) is 4.27. The minimum Gasteiger partial charge on any atom is -0.493 e. The summed E-state index contributed by atoms with van der Waals surface area (Å²) >= 11 is 0. The summed E-state index contributed by atoms with van der Waals surface area (Å²) in [7, 11) is 6.50. The highest BCUT2D eigenvalue weighted by molar-refractivity contribution is 6.11. The van der Waals surface area contributed by atoms with Gasteiger partial charge in [-0.2, -0.15) is 0 Å². The molecule has 1 fully saturated rings. The first-order chi connectivity index (χ1) is 16.2. The maximum absolute atomic E-state index is 13.1. The largest absolute Gasteiger partial charge is 0.493 e. The van der Waals surface area contributed by atoms with Crippen molar-refractivity contribution in [3.05, 3.63) is 35.9 Å². The van der Waals surface area contributed by atoms with Gasteiger partial charge >= 0.3 is 6.09 Å². The Morgan fingerprint density at radius 3 is 1.88 bits per heavy atom. The number of carbonyl (C=O) groups excluding carboxylic acids is 1. The van der Waals surface area contributed by atoms with Crippen molar-refractivity contribution in [1.29, 1.82) is 0 Å². The van der Waals surface area contributed by atoms with E-state index in [1.54, 1.807) is 28.4 Å². The van der Waals surface area contributed by atoms with E-state index in [4.69, 9.17) is 23.7 Å². The van der Waals surface area contributed by atoms with Crippen LogP contribution in [0, 0.1) is 0 Å². The number of benzene rings is 3. The molecule has 0 radical (unpaired) electrons. The van der Waals surface area contributed by atoms with Crippen LogP contribution in [0.25, 0.3) is 21.5 Å². The van der Waals surface area contributed by atoms with Gasteiger partial charge in [0.1, 0.15) is 5.60 Å². The van der Waals surface area contributed by atoms with Gasteiger partial charge < -0.3 is 28.6 Å². The summed E-state index contributed by atoms with van der Waals surface area (Å²) in [5.41, 5.74) is 0.481. The lowest BCUT2D eigenvalue weighted by atomic mass is 9.91. The molecule has 34 heavy (non-hydrogen) atoms.